The quantitative estimate of drug-likeness (QED) is 0.553. The van der Waals surface area contributed by atoms with Gasteiger partial charge in [0, 0.05) is 16.8 Å². The fourth-order valence-corrected chi connectivity index (χ4v) is 1.24. The predicted octanol–water partition coefficient (Wildman–Crippen LogP) is -0.830. The highest BCUT2D eigenvalue weighted by Gasteiger charge is 2.12. The summed E-state index contributed by atoms with van der Waals surface area (Å²) in [6.07, 6.45) is 0. The van der Waals surface area contributed by atoms with Crippen LogP contribution in [-0.4, -0.2) is 23.8 Å². The van der Waals surface area contributed by atoms with E-state index in [-0.39, 0.29) is 16.8 Å². The second kappa shape index (κ2) is 5.28. The van der Waals surface area contributed by atoms with E-state index < -0.39 is 23.8 Å². The fourth-order valence-electron chi connectivity index (χ4n) is 1.24. The lowest BCUT2D eigenvalue weighted by Crippen LogP contribution is -2.32. The molecular formula is C11H14N4O3. The van der Waals surface area contributed by atoms with Gasteiger partial charge in [-0.25, -0.2) is 0 Å². The summed E-state index contributed by atoms with van der Waals surface area (Å²) < 4.78 is 0. The van der Waals surface area contributed by atoms with Crippen LogP contribution in [0.15, 0.2) is 18.2 Å². The van der Waals surface area contributed by atoms with Gasteiger partial charge in [-0.15, -0.1) is 0 Å². The van der Waals surface area contributed by atoms with E-state index in [1.165, 1.54) is 25.1 Å². The number of benzene rings is 1. The number of amides is 3. The van der Waals surface area contributed by atoms with E-state index in [1.807, 2.05) is 0 Å². The van der Waals surface area contributed by atoms with E-state index in [0.717, 1.165) is 0 Å². The molecule has 0 saturated heterocycles. The summed E-state index contributed by atoms with van der Waals surface area (Å²) in [5, 5.41) is 2.45. The smallest absolute Gasteiger partial charge is 0.248 e. The first-order chi connectivity index (χ1) is 8.31. The molecule has 7 N–H and O–H groups in total. The summed E-state index contributed by atoms with van der Waals surface area (Å²) >= 11 is 0. The highest BCUT2D eigenvalue weighted by atomic mass is 16.2. The van der Waals surface area contributed by atoms with Crippen molar-refractivity contribution in [1.82, 2.24) is 0 Å². The van der Waals surface area contributed by atoms with Crippen molar-refractivity contribution in [1.29, 1.82) is 0 Å². The van der Waals surface area contributed by atoms with Gasteiger partial charge in [0.15, 0.2) is 0 Å². The molecule has 0 radical (unpaired) electrons. The van der Waals surface area contributed by atoms with Crippen LogP contribution in [0.25, 0.3) is 0 Å². The number of nitrogens with one attached hydrogen (secondary N) is 1. The topological polar surface area (TPSA) is 141 Å². The summed E-state index contributed by atoms with van der Waals surface area (Å²) in [6, 6.07) is 3.22. The zero-order valence-electron chi connectivity index (χ0n) is 9.77. The minimum absolute atomic E-state index is 0.0753. The molecule has 0 bridgehead atoms. The third-order valence-electron chi connectivity index (χ3n) is 2.18. The Bertz CT molecular complexity index is 479. The van der Waals surface area contributed by atoms with E-state index in [9.17, 15) is 14.4 Å². The van der Waals surface area contributed by atoms with Gasteiger partial charge in [-0.05, 0) is 25.1 Å². The maximum absolute atomic E-state index is 11.4. The van der Waals surface area contributed by atoms with Crippen LogP contribution < -0.4 is 22.5 Å². The molecule has 7 heteroatoms. The summed E-state index contributed by atoms with van der Waals surface area (Å²) in [5.41, 5.74) is 16.0. The average Bonchev–Trinajstić information content (AvgIpc) is 2.28. The maximum Gasteiger partial charge on any atom is 0.248 e. The molecule has 96 valence electrons. The molecule has 1 atom stereocenters. The molecule has 1 aromatic carbocycles. The van der Waals surface area contributed by atoms with Gasteiger partial charge in [-0.1, -0.05) is 0 Å². The second-order valence-corrected chi connectivity index (χ2v) is 3.81. The Kier molecular flexibility index (Phi) is 4.01. The molecule has 3 amide bonds. The molecule has 0 aliphatic rings. The Morgan fingerprint density at radius 3 is 1.83 bits per heavy atom. The van der Waals surface area contributed by atoms with Gasteiger partial charge < -0.3 is 22.5 Å². The third kappa shape index (κ3) is 3.29. The Labute approximate surface area is 103 Å². The lowest BCUT2D eigenvalue weighted by Gasteiger charge is -2.10. The Hall–Kier alpha value is -2.41. The van der Waals surface area contributed by atoms with Gasteiger partial charge >= 0.3 is 0 Å². The number of carbonyl (C=O) groups excluding carboxylic acids is 3. The maximum atomic E-state index is 11.4. The van der Waals surface area contributed by atoms with E-state index in [1.54, 1.807) is 0 Å². The SMILES string of the molecule is CC(N)C(=O)Nc1cc(C(N)=O)cc(C(N)=O)c1. The van der Waals surface area contributed by atoms with Crippen LogP contribution in [0.5, 0.6) is 0 Å². The first kappa shape index (κ1) is 13.7. The number of primary amides is 2. The lowest BCUT2D eigenvalue weighted by molar-refractivity contribution is -0.117. The van der Waals surface area contributed by atoms with Crippen molar-refractivity contribution >= 4 is 23.4 Å². The summed E-state index contributed by atoms with van der Waals surface area (Å²) in [6.45, 7) is 1.50. The van der Waals surface area contributed by atoms with Crippen molar-refractivity contribution in [3.05, 3.63) is 29.3 Å². The zero-order valence-corrected chi connectivity index (χ0v) is 9.77. The van der Waals surface area contributed by atoms with Crippen molar-refractivity contribution in [3.8, 4) is 0 Å². The molecule has 18 heavy (non-hydrogen) atoms. The first-order valence-electron chi connectivity index (χ1n) is 5.12. The van der Waals surface area contributed by atoms with Crippen molar-refractivity contribution in [3.63, 3.8) is 0 Å². The minimum Gasteiger partial charge on any atom is -0.366 e. The molecule has 7 nitrogen and oxygen atoms in total. The largest absolute Gasteiger partial charge is 0.366 e. The van der Waals surface area contributed by atoms with Crippen LogP contribution in [0, 0.1) is 0 Å². The normalized spacial score (nSPS) is 11.7. The van der Waals surface area contributed by atoms with E-state index in [0.29, 0.717) is 0 Å². The zero-order chi connectivity index (χ0) is 13.9. The molecule has 0 aliphatic carbocycles. The van der Waals surface area contributed by atoms with Gasteiger partial charge in [0.2, 0.25) is 17.7 Å². The third-order valence-corrected chi connectivity index (χ3v) is 2.18. The Balaban J connectivity index is 3.15. The van der Waals surface area contributed by atoms with Gasteiger partial charge in [-0.3, -0.25) is 14.4 Å². The molecule has 0 spiro atoms. The summed E-state index contributed by atoms with van der Waals surface area (Å²) in [5.74, 6) is -1.91. The number of carbonyl (C=O) groups is 3. The molecule has 1 rings (SSSR count). The molecule has 0 saturated carbocycles. The highest BCUT2D eigenvalue weighted by molar-refractivity contribution is 6.02. The molecule has 0 aliphatic heterocycles. The van der Waals surface area contributed by atoms with Gasteiger partial charge in [0.1, 0.15) is 0 Å². The highest BCUT2D eigenvalue weighted by Crippen LogP contribution is 2.15. The molecular weight excluding hydrogens is 236 g/mol. The van der Waals surface area contributed by atoms with Crippen LogP contribution in [0.3, 0.4) is 0 Å². The van der Waals surface area contributed by atoms with Gasteiger partial charge in [0.05, 0.1) is 6.04 Å². The van der Waals surface area contributed by atoms with Crippen LogP contribution in [-0.2, 0) is 4.79 Å². The van der Waals surface area contributed by atoms with E-state index in [2.05, 4.69) is 5.32 Å². The molecule has 1 aromatic rings. The predicted molar refractivity (Wildman–Crippen MR) is 65.8 cm³/mol. The summed E-state index contributed by atoms with van der Waals surface area (Å²) in [7, 11) is 0. The monoisotopic (exact) mass is 250 g/mol. The van der Waals surface area contributed by atoms with Crippen molar-refractivity contribution in [2.75, 3.05) is 5.32 Å². The van der Waals surface area contributed by atoms with Gasteiger partial charge in [-0.2, -0.15) is 0 Å². The van der Waals surface area contributed by atoms with E-state index >= 15 is 0 Å². The number of rotatable bonds is 4. The number of anilines is 1. The second-order valence-electron chi connectivity index (χ2n) is 3.81. The first-order valence-corrected chi connectivity index (χ1v) is 5.12. The molecule has 0 fully saturated rings. The van der Waals surface area contributed by atoms with Crippen LogP contribution in [0.4, 0.5) is 5.69 Å². The molecule has 0 heterocycles. The van der Waals surface area contributed by atoms with Crippen molar-refractivity contribution in [2.45, 2.75) is 13.0 Å². The van der Waals surface area contributed by atoms with Crippen LogP contribution in [0.1, 0.15) is 27.6 Å². The van der Waals surface area contributed by atoms with Crippen LogP contribution in [0.2, 0.25) is 0 Å². The molecule has 1 unspecified atom stereocenters. The summed E-state index contributed by atoms with van der Waals surface area (Å²) in [4.78, 5) is 33.6. The lowest BCUT2D eigenvalue weighted by atomic mass is 10.1. The van der Waals surface area contributed by atoms with Crippen molar-refractivity contribution < 1.29 is 14.4 Å². The average molecular weight is 250 g/mol. The van der Waals surface area contributed by atoms with Crippen molar-refractivity contribution in [2.24, 2.45) is 17.2 Å². The Morgan fingerprint density at radius 1 is 1.06 bits per heavy atom. The number of nitrogens with two attached hydrogens (primary N) is 3. The fraction of sp³-hybridized carbons (Fsp3) is 0.182. The number of hydrogen-bond donors (Lipinski definition) is 4. The van der Waals surface area contributed by atoms with Crippen LogP contribution >= 0.6 is 0 Å². The molecule has 0 aromatic heterocycles. The van der Waals surface area contributed by atoms with E-state index in [4.69, 9.17) is 17.2 Å². The minimum atomic E-state index is -0.727. The van der Waals surface area contributed by atoms with Gasteiger partial charge in [0.25, 0.3) is 0 Å². The standard InChI is InChI=1S/C11H14N4O3/c1-5(12)11(18)15-8-3-6(9(13)16)2-7(4-8)10(14)17/h2-5H,12H2,1H3,(H2,13,16)(H2,14,17)(H,15,18). The number of hydrogen-bond acceptors (Lipinski definition) is 4. The Morgan fingerprint density at radius 2 is 1.50 bits per heavy atom.